The quantitative estimate of drug-likeness (QED) is 0.849. The van der Waals surface area contributed by atoms with Crippen LogP contribution in [0.3, 0.4) is 0 Å². The number of carbonyl (C=O) groups is 2. The molecule has 2 aliphatic heterocycles. The Bertz CT molecular complexity index is 355. The first-order chi connectivity index (χ1) is 9.69. The number of hydrogen-bond donors (Lipinski definition) is 1. The minimum Gasteiger partial charge on any atom is -0.341 e. The van der Waals surface area contributed by atoms with E-state index in [1.807, 2.05) is 23.6 Å². The zero-order chi connectivity index (χ0) is 14.5. The molecule has 0 radical (unpaired) electrons. The number of hydrogen-bond acceptors (Lipinski definition) is 3. The van der Waals surface area contributed by atoms with Gasteiger partial charge in [0.05, 0.1) is 5.92 Å². The van der Waals surface area contributed by atoms with E-state index in [9.17, 15) is 9.59 Å². The third kappa shape index (κ3) is 4.10. The van der Waals surface area contributed by atoms with Crippen LogP contribution in [-0.2, 0) is 9.59 Å². The molecule has 1 N–H and O–H groups in total. The van der Waals surface area contributed by atoms with Gasteiger partial charge >= 0.3 is 0 Å². The van der Waals surface area contributed by atoms with E-state index in [0.717, 1.165) is 58.4 Å². The molecule has 0 aromatic carbocycles. The van der Waals surface area contributed by atoms with Crippen molar-refractivity contribution in [2.24, 2.45) is 5.92 Å². The van der Waals surface area contributed by atoms with Crippen molar-refractivity contribution >= 4 is 24.2 Å². The fourth-order valence-corrected chi connectivity index (χ4v) is 3.33. The second-order valence-electron chi connectivity index (χ2n) is 5.74. The first-order valence-electron chi connectivity index (χ1n) is 7.99. The molecule has 2 rings (SSSR count). The summed E-state index contributed by atoms with van der Waals surface area (Å²) in [6.45, 7) is 7.94. The molecule has 5 nitrogen and oxygen atoms in total. The summed E-state index contributed by atoms with van der Waals surface area (Å²) in [5.41, 5.74) is 0. The number of halogens is 1. The lowest BCUT2D eigenvalue weighted by molar-refractivity contribution is -0.146. The number of amides is 2. The van der Waals surface area contributed by atoms with Gasteiger partial charge in [0.15, 0.2) is 0 Å². The largest absolute Gasteiger partial charge is 0.341 e. The Morgan fingerprint density at radius 1 is 1.19 bits per heavy atom. The molecule has 122 valence electrons. The van der Waals surface area contributed by atoms with Crippen molar-refractivity contribution in [1.29, 1.82) is 0 Å². The van der Waals surface area contributed by atoms with E-state index >= 15 is 0 Å². The highest BCUT2D eigenvalue weighted by Crippen LogP contribution is 2.24. The van der Waals surface area contributed by atoms with Gasteiger partial charge in [0, 0.05) is 26.2 Å². The molecular weight excluding hydrogens is 290 g/mol. The number of nitrogens with one attached hydrogen (secondary N) is 1. The van der Waals surface area contributed by atoms with Crippen molar-refractivity contribution in [1.82, 2.24) is 15.1 Å². The predicted octanol–water partition coefficient (Wildman–Crippen LogP) is 1.27. The summed E-state index contributed by atoms with van der Waals surface area (Å²) < 4.78 is 0. The monoisotopic (exact) mass is 317 g/mol. The van der Waals surface area contributed by atoms with Crippen molar-refractivity contribution < 1.29 is 9.59 Å². The zero-order valence-electron chi connectivity index (χ0n) is 13.1. The van der Waals surface area contributed by atoms with Crippen molar-refractivity contribution in [2.45, 2.75) is 45.6 Å². The molecule has 2 fully saturated rings. The third-order valence-corrected chi connectivity index (χ3v) is 4.54. The lowest BCUT2D eigenvalue weighted by Crippen LogP contribution is -2.51. The average molecular weight is 318 g/mol. The molecule has 0 aromatic rings. The van der Waals surface area contributed by atoms with Crippen LogP contribution in [-0.4, -0.2) is 60.4 Å². The molecule has 0 spiro atoms. The third-order valence-electron chi connectivity index (χ3n) is 4.54. The first-order valence-corrected chi connectivity index (χ1v) is 7.99. The summed E-state index contributed by atoms with van der Waals surface area (Å²) in [7, 11) is 0. The number of piperidine rings is 1. The van der Waals surface area contributed by atoms with Gasteiger partial charge in [-0.05, 0) is 46.1 Å². The van der Waals surface area contributed by atoms with Gasteiger partial charge in [0.25, 0.3) is 0 Å². The Balaban J connectivity index is 0.00000220. The molecule has 2 atom stereocenters. The predicted molar refractivity (Wildman–Crippen MR) is 85.5 cm³/mol. The number of likely N-dealkylation sites (tertiary alicyclic amines) is 1. The van der Waals surface area contributed by atoms with E-state index in [-0.39, 0.29) is 36.2 Å². The number of carbonyl (C=O) groups excluding carboxylic acids is 2. The van der Waals surface area contributed by atoms with Gasteiger partial charge in [-0.25, -0.2) is 0 Å². The highest BCUT2D eigenvalue weighted by molar-refractivity contribution is 5.89. The van der Waals surface area contributed by atoms with E-state index in [1.165, 1.54) is 0 Å². The van der Waals surface area contributed by atoms with E-state index in [4.69, 9.17) is 0 Å². The van der Waals surface area contributed by atoms with Gasteiger partial charge in [-0.2, -0.15) is 0 Å². The van der Waals surface area contributed by atoms with E-state index in [2.05, 4.69) is 5.32 Å². The van der Waals surface area contributed by atoms with E-state index in [0.29, 0.717) is 0 Å². The van der Waals surface area contributed by atoms with Crippen LogP contribution in [0.25, 0.3) is 0 Å². The summed E-state index contributed by atoms with van der Waals surface area (Å²) in [6.07, 6.45) is 3.78. The molecule has 0 bridgehead atoms. The maximum atomic E-state index is 12.6. The topological polar surface area (TPSA) is 52.7 Å². The van der Waals surface area contributed by atoms with Gasteiger partial charge in [0.1, 0.15) is 6.04 Å². The van der Waals surface area contributed by atoms with Crippen molar-refractivity contribution in [2.75, 3.05) is 32.7 Å². The highest BCUT2D eigenvalue weighted by atomic mass is 35.5. The lowest BCUT2D eigenvalue weighted by Gasteiger charge is -2.32. The van der Waals surface area contributed by atoms with Crippen LogP contribution < -0.4 is 5.32 Å². The summed E-state index contributed by atoms with van der Waals surface area (Å²) in [5, 5.41) is 3.29. The van der Waals surface area contributed by atoms with Crippen molar-refractivity contribution in [3.05, 3.63) is 0 Å². The Kier molecular flexibility index (Phi) is 7.46. The first kappa shape index (κ1) is 18.2. The van der Waals surface area contributed by atoms with Crippen LogP contribution in [0.15, 0.2) is 0 Å². The maximum absolute atomic E-state index is 12.6. The molecule has 0 aromatic heterocycles. The van der Waals surface area contributed by atoms with Crippen LogP contribution in [0.4, 0.5) is 0 Å². The normalized spacial score (nSPS) is 25.3. The van der Waals surface area contributed by atoms with Crippen LogP contribution in [0.5, 0.6) is 0 Å². The smallest absolute Gasteiger partial charge is 0.245 e. The number of nitrogens with zero attached hydrogens (tertiary/aromatic N) is 2. The van der Waals surface area contributed by atoms with E-state index in [1.54, 1.807) is 0 Å². The Morgan fingerprint density at radius 2 is 1.90 bits per heavy atom. The summed E-state index contributed by atoms with van der Waals surface area (Å²) >= 11 is 0. The number of rotatable bonds is 4. The summed E-state index contributed by atoms with van der Waals surface area (Å²) in [4.78, 5) is 28.8. The van der Waals surface area contributed by atoms with Gasteiger partial charge in [0.2, 0.25) is 11.8 Å². The fourth-order valence-electron chi connectivity index (χ4n) is 3.33. The molecular formula is C15H28ClN3O2. The molecule has 21 heavy (non-hydrogen) atoms. The fraction of sp³-hybridized carbons (Fsp3) is 0.867. The molecule has 2 unspecified atom stereocenters. The SMILES string of the molecule is CCN(CC)C(=O)C1CCCN1C(=O)C1CCCNC1.Cl. The summed E-state index contributed by atoms with van der Waals surface area (Å²) in [6, 6.07) is -0.218. The Hall–Kier alpha value is -0.810. The second kappa shape index (κ2) is 8.59. The average Bonchev–Trinajstić information content (AvgIpc) is 2.98. The molecule has 2 amide bonds. The van der Waals surface area contributed by atoms with Crippen LogP contribution in [0.2, 0.25) is 0 Å². The maximum Gasteiger partial charge on any atom is 0.245 e. The highest BCUT2D eigenvalue weighted by Gasteiger charge is 2.38. The van der Waals surface area contributed by atoms with Gasteiger partial charge in [-0.15, -0.1) is 12.4 Å². The Labute approximate surface area is 133 Å². The van der Waals surface area contributed by atoms with Crippen LogP contribution >= 0.6 is 12.4 Å². The summed E-state index contributed by atoms with van der Waals surface area (Å²) in [5.74, 6) is 0.374. The Morgan fingerprint density at radius 3 is 2.48 bits per heavy atom. The van der Waals surface area contributed by atoms with Gasteiger partial charge in [-0.1, -0.05) is 0 Å². The second-order valence-corrected chi connectivity index (χ2v) is 5.74. The minimum absolute atomic E-state index is 0. The molecule has 2 saturated heterocycles. The molecule has 6 heteroatoms. The zero-order valence-corrected chi connectivity index (χ0v) is 14.0. The molecule has 0 aliphatic carbocycles. The van der Waals surface area contributed by atoms with Gasteiger partial charge in [-0.3, -0.25) is 9.59 Å². The van der Waals surface area contributed by atoms with Crippen LogP contribution in [0.1, 0.15) is 39.5 Å². The molecule has 2 aliphatic rings. The minimum atomic E-state index is -0.218. The van der Waals surface area contributed by atoms with Gasteiger partial charge < -0.3 is 15.1 Å². The van der Waals surface area contributed by atoms with Crippen LogP contribution in [0, 0.1) is 5.92 Å². The standard InChI is InChI=1S/C15H27N3O2.ClH/c1-3-17(4-2)15(20)13-8-6-10-18(13)14(19)12-7-5-9-16-11-12;/h12-13,16H,3-11H2,1-2H3;1H. The lowest BCUT2D eigenvalue weighted by atomic mass is 9.97. The van der Waals surface area contributed by atoms with Crippen molar-refractivity contribution in [3.8, 4) is 0 Å². The molecule has 2 heterocycles. The van der Waals surface area contributed by atoms with Crippen molar-refractivity contribution in [3.63, 3.8) is 0 Å². The van der Waals surface area contributed by atoms with E-state index < -0.39 is 0 Å². The molecule has 0 saturated carbocycles. The number of likely N-dealkylation sites (N-methyl/N-ethyl adjacent to an activating group) is 1.